The summed E-state index contributed by atoms with van der Waals surface area (Å²) in [7, 11) is 0. The summed E-state index contributed by atoms with van der Waals surface area (Å²) in [6.45, 7) is 10.2. The fourth-order valence-electron chi connectivity index (χ4n) is 4.55. The molecule has 1 atom stereocenters. The molecule has 5 rings (SSSR count). The Kier molecular flexibility index (Phi) is 5.04. The van der Waals surface area contributed by atoms with Crippen LogP contribution < -0.4 is 4.90 Å². The molecule has 0 N–H and O–H groups in total. The summed E-state index contributed by atoms with van der Waals surface area (Å²) in [5, 5.41) is 10.1. The normalized spacial score (nSPS) is 17.0. The Bertz CT molecular complexity index is 1310. The number of para-hydroxylation sites is 1. The summed E-state index contributed by atoms with van der Waals surface area (Å²) < 4.78 is 2.07. The molecule has 0 saturated carbocycles. The number of nitrogens with zero attached hydrogens (tertiary/aromatic N) is 6. The van der Waals surface area contributed by atoms with E-state index in [0.717, 1.165) is 33.9 Å². The highest BCUT2D eigenvalue weighted by Crippen LogP contribution is 2.30. The van der Waals surface area contributed by atoms with Crippen LogP contribution in [0.1, 0.15) is 26.3 Å². The molecule has 7 heteroatoms. The van der Waals surface area contributed by atoms with Gasteiger partial charge < -0.3 is 9.80 Å². The zero-order valence-electron chi connectivity index (χ0n) is 19.0. The molecule has 164 valence electrons. The fourth-order valence-corrected chi connectivity index (χ4v) is 4.55. The van der Waals surface area contributed by atoms with E-state index >= 15 is 0 Å². The van der Waals surface area contributed by atoms with Crippen molar-refractivity contribution in [3.8, 4) is 11.4 Å². The Morgan fingerprint density at radius 3 is 2.62 bits per heavy atom. The molecule has 1 amide bonds. The maximum atomic E-state index is 12.6. The van der Waals surface area contributed by atoms with E-state index in [9.17, 15) is 4.79 Å². The Hall–Kier alpha value is -3.48. The largest absolute Gasteiger partial charge is 0.338 e. The zero-order chi connectivity index (χ0) is 22.4. The van der Waals surface area contributed by atoms with Gasteiger partial charge in [-0.15, -0.1) is 10.2 Å². The predicted molar refractivity (Wildman–Crippen MR) is 127 cm³/mol. The minimum atomic E-state index is 0.000252. The van der Waals surface area contributed by atoms with Gasteiger partial charge in [-0.2, -0.15) is 0 Å². The lowest BCUT2D eigenvalue weighted by atomic mass is 10.1. The molecule has 1 aliphatic heterocycles. The first kappa shape index (κ1) is 20.4. The van der Waals surface area contributed by atoms with E-state index in [1.165, 1.54) is 5.56 Å². The van der Waals surface area contributed by atoms with Crippen LogP contribution in [0, 0.1) is 12.8 Å². The van der Waals surface area contributed by atoms with Gasteiger partial charge in [0, 0.05) is 42.5 Å². The minimum Gasteiger partial charge on any atom is -0.338 e. The van der Waals surface area contributed by atoms with Gasteiger partial charge in [0.2, 0.25) is 11.9 Å². The number of anilines is 1. The van der Waals surface area contributed by atoms with Crippen LogP contribution in [-0.4, -0.2) is 56.1 Å². The van der Waals surface area contributed by atoms with Crippen molar-refractivity contribution >= 4 is 28.4 Å². The predicted octanol–water partition coefficient (Wildman–Crippen LogP) is 3.95. The Morgan fingerprint density at radius 1 is 1.06 bits per heavy atom. The Morgan fingerprint density at radius 2 is 1.88 bits per heavy atom. The highest BCUT2D eigenvalue weighted by atomic mass is 16.2. The van der Waals surface area contributed by atoms with E-state index in [1.54, 1.807) is 0 Å². The minimum absolute atomic E-state index is 0.000252. The van der Waals surface area contributed by atoms with Gasteiger partial charge in [-0.25, -0.2) is 9.38 Å². The molecular weight excluding hydrogens is 400 g/mol. The summed E-state index contributed by atoms with van der Waals surface area (Å²) in [6.07, 6.45) is 0. The van der Waals surface area contributed by atoms with Crippen molar-refractivity contribution < 1.29 is 4.79 Å². The van der Waals surface area contributed by atoms with Crippen LogP contribution in [0.5, 0.6) is 0 Å². The molecule has 1 saturated heterocycles. The standard InChI is InChI=1S/C25H28N6O/c1-16(2)24(32)30-13-12-29(15-18(30)4)25-26-21-11-6-5-10-20(21)23-28-27-22(31(23)25)19-9-7-8-17(3)14-19/h5-11,14,16,18H,12-13,15H2,1-4H3/t18-/m0/s1. The smallest absolute Gasteiger partial charge is 0.225 e. The van der Waals surface area contributed by atoms with Gasteiger partial charge in [-0.05, 0) is 32.0 Å². The molecule has 0 unspecified atom stereocenters. The molecule has 2 aromatic carbocycles. The zero-order valence-corrected chi connectivity index (χ0v) is 19.0. The number of amides is 1. The van der Waals surface area contributed by atoms with Crippen molar-refractivity contribution in [2.45, 2.75) is 33.7 Å². The van der Waals surface area contributed by atoms with E-state index in [1.807, 2.05) is 49.1 Å². The van der Waals surface area contributed by atoms with E-state index in [-0.39, 0.29) is 17.9 Å². The summed E-state index contributed by atoms with van der Waals surface area (Å²) in [4.78, 5) is 21.9. The second-order valence-corrected chi connectivity index (χ2v) is 8.96. The van der Waals surface area contributed by atoms with Crippen molar-refractivity contribution in [1.82, 2.24) is 24.5 Å². The van der Waals surface area contributed by atoms with Gasteiger partial charge in [-0.3, -0.25) is 4.79 Å². The molecule has 1 aliphatic rings. The van der Waals surface area contributed by atoms with Crippen LogP contribution in [0.15, 0.2) is 48.5 Å². The lowest BCUT2D eigenvalue weighted by molar-refractivity contribution is -0.136. The van der Waals surface area contributed by atoms with Crippen LogP contribution in [0.4, 0.5) is 5.95 Å². The number of carbonyl (C=O) groups is 1. The average molecular weight is 429 g/mol. The Labute approximate surface area is 187 Å². The molecule has 4 aromatic rings. The van der Waals surface area contributed by atoms with Crippen LogP contribution in [0.3, 0.4) is 0 Å². The first-order valence-electron chi connectivity index (χ1n) is 11.2. The Balaban J connectivity index is 1.65. The van der Waals surface area contributed by atoms with Gasteiger partial charge in [0.1, 0.15) is 0 Å². The molecule has 0 radical (unpaired) electrons. The van der Waals surface area contributed by atoms with E-state index in [0.29, 0.717) is 19.6 Å². The van der Waals surface area contributed by atoms with Crippen LogP contribution in [0.2, 0.25) is 0 Å². The van der Waals surface area contributed by atoms with Crippen molar-refractivity contribution in [2.24, 2.45) is 5.92 Å². The van der Waals surface area contributed by atoms with Gasteiger partial charge >= 0.3 is 0 Å². The lowest BCUT2D eigenvalue weighted by Gasteiger charge is -2.41. The number of carbonyl (C=O) groups excluding carboxylic acids is 1. The fraction of sp³-hybridized carbons (Fsp3) is 0.360. The first-order chi connectivity index (χ1) is 15.4. The highest BCUT2D eigenvalue weighted by Gasteiger charge is 2.31. The molecule has 0 aliphatic carbocycles. The SMILES string of the molecule is Cc1cccc(-c2nnc3c4ccccc4nc(N4CCN(C(=O)C(C)C)[C@@H](C)C4)n23)c1. The molecular formula is C25H28N6O. The van der Waals surface area contributed by atoms with Gasteiger partial charge in [0.25, 0.3) is 0 Å². The maximum Gasteiger partial charge on any atom is 0.225 e. The number of benzene rings is 2. The average Bonchev–Trinajstić information content (AvgIpc) is 3.23. The molecule has 2 aromatic heterocycles. The molecule has 32 heavy (non-hydrogen) atoms. The number of aryl methyl sites for hydroxylation is 1. The topological polar surface area (TPSA) is 66.6 Å². The summed E-state index contributed by atoms with van der Waals surface area (Å²) in [5.74, 6) is 1.81. The highest BCUT2D eigenvalue weighted by molar-refractivity contribution is 5.93. The third kappa shape index (κ3) is 3.38. The van der Waals surface area contributed by atoms with Crippen LogP contribution in [0.25, 0.3) is 27.9 Å². The number of aromatic nitrogens is 4. The van der Waals surface area contributed by atoms with E-state index in [2.05, 4.69) is 51.5 Å². The number of piperazine rings is 1. The van der Waals surface area contributed by atoms with Crippen molar-refractivity contribution in [3.05, 3.63) is 54.1 Å². The van der Waals surface area contributed by atoms with E-state index < -0.39 is 0 Å². The van der Waals surface area contributed by atoms with Gasteiger partial charge in [0.05, 0.1) is 5.52 Å². The molecule has 7 nitrogen and oxygen atoms in total. The monoisotopic (exact) mass is 428 g/mol. The third-order valence-corrected chi connectivity index (χ3v) is 6.19. The number of rotatable bonds is 3. The lowest BCUT2D eigenvalue weighted by Crippen LogP contribution is -2.55. The third-order valence-electron chi connectivity index (χ3n) is 6.19. The second-order valence-electron chi connectivity index (χ2n) is 8.96. The molecule has 3 heterocycles. The number of hydrogen-bond acceptors (Lipinski definition) is 5. The summed E-state index contributed by atoms with van der Waals surface area (Å²) in [6, 6.07) is 16.5. The number of hydrogen-bond donors (Lipinski definition) is 0. The van der Waals surface area contributed by atoms with Gasteiger partial charge in [0.15, 0.2) is 11.5 Å². The quantitative estimate of drug-likeness (QED) is 0.494. The van der Waals surface area contributed by atoms with Crippen molar-refractivity contribution in [2.75, 3.05) is 24.5 Å². The number of fused-ring (bicyclic) bond motifs is 3. The first-order valence-corrected chi connectivity index (χ1v) is 11.2. The molecule has 0 spiro atoms. The second kappa shape index (κ2) is 7.89. The maximum absolute atomic E-state index is 12.6. The van der Waals surface area contributed by atoms with Crippen LogP contribution in [-0.2, 0) is 4.79 Å². The van der Waals surface area contributed by atoms with E-state index in [4.69, 9.17) is 4.98 Å². The van der Waals surface area contributed by atoms with Crippen molar-refractivity contribution in [3.63, 3.8) is 0 Å². The summed E-state index contributed by atoms with van der Waals surface area (Å²) in [5.41, 5.74) is 3.88. The van der Waals surface area contributed by atoms with Crippen molar-refractivity contribution in [1.29, 1.82) is 0 Å². The molecule has 1 fully saturated rings. The van der Waals surface area contributed by atoms with Gasteiger partial charge in [-0.1, -0.05) is 49.7 Å². The molecule has 0 bridgehead atoms. The van der Waals surface area contributed by atoms with Crippen LogP contribution >= 0.6 is 0 Å². The summed E-state index contributed by atoms with van der Waals surface area (Å²) >= 11 is 0.